The zero-order chi connectivity index (χ0) is 13.4. The lowest BCUT2D eigenvalue weighted by atomic mass is 10.1. The Morgan fingerprint density at radius 1 is 1.33 bits per heavy atom. The number of unbranched alkanes of at least 4 members (excludes halogenated alkanes) is 1. The Kier molecular flexibility index (Phi) is 6.83. The number of hydrogen-bond donors (Lipinski definition) is 2. The van der Waals surface area contributed by atoms with E-state index in [2.05, 4.69) is 19.1 Å². The van der Waals surface area contributed by atoms with Gasteiger partial charge < -0.3 is 10.8 Å². The maximum atomic E-state index is 10.6. The van der Waals surface area contributed by atoms with Crippen molar-refractivity contribution in [2.24, 2.45) is 5.73 Å². The minimum atomic E-state index is -0.950. The van der Waals surface area contributed by atoms with Gasteiger partial charge in [-0.05, 0) is 29.7 Å². The molecule has 0 aliphatic heterocycles. The zero-order valence-corrected chi connectivity index (χ0v) is 11.6. The van der Waals surface area contributed by atoms with E-state index in [0.717, 1.165) is 11.3 Å². The fraction of sp³-hybridized carbons (Fsp3) is 0.500. The highest BCUT2D eigenvalue weighted by Gasteiger charge is 2.11. The summed E-state index contributed by atoms with van der Waals surface area (Å²) in [6.45, 7) is 2.20. The molecular weight excluding hydrogens is 246 g/mol. The summed E-state index contributed by atoms with van der Waals surface area (Å²) in [5.41, 5.74) is 7.76. The van der Waals surface area contributed by atoms with Crippen LogP contribution in [-0.2, 0) is 17.0 Å². The van der Waals surface area contributed by atoms with Gasteiger partial charge in [-0.25, -0.2) is 0 Å². The van der Waals surface area contributed by atoms with Gasteiger partial charge in [-0.3, -0.25) is 4.79 Å². The molecule has 0 bridgehead atoms. The fourth-order valence-electron chi connectivity index (χ4n) is 1.55. The number of nitrogens with two attached hydrogens (primary N) is 1. The first-order valence-corrected chi connectivity index (χ1v) is 7.43. The minimum Gasteiger partial charge on any atom is -0.480 e. The third-order valence-electron chi connectivity index (χ3n) is 2.71. The second kappa shape index (κ2) is 8.16. The van der Waals surface area contributed by atoms with Crippen molar-refractivity contribution < 1.29 is 9.90 Å². The highest BCUT2D eigenvalue weighted by atomic mass is 32.2. The normalized spacial score (nSPS) is 12.3. The van der Waals surface area contributed by atoms with Gasteiger partial charge in [0.1, 0.15) is 6.04 Å². The third-order valence-corrected chi connectivity index (χ3v) is 3.82. The van der Waals surface area contributed by atoms with Crippen molar-refractivity contribution in [3.8, 4) is 0 Å². The lowest BCUT2D eigenvalue weighted by molar-refractivity contribution is -0.138. The van der Waals surface area contributed by atoms with E-state index < -0.39 is 12.0 Å². The van der Waals surface area contributed by atoms with Crippen LogP contribution < -0.4 is 5.73 Å². The van der Waals surface area contributed by atoms with E-state index in [1.807, 2.05) is 23.9 Å². The van der Waals surface area contributed by atoms with Crippen molar-refractivity contribution in [2.45, 2.75) is 38.0 Å². The number of carboxylic acids is 1. The molecule has 0 saturated heterocycles. The van der Waals surface area contributed by atoms with Gasteiger partial charge in [0.05, 0.1) is 0 Å². The molecule has 3 nitrogen and oxygen atoms in total. The summed E-state index contributed by atoms with van der Waals surface area (Å²) in [5, 5.41) is 8.74. The van der Waals surface area contributed by atoms with Gasteiger partial charge in [-0.15, -0.1) is 0 Å². The van der Waals surface area contributed by atoms with Crippen LogP contribution in [0.25, 0.3) is 0 Å². The molecule has 3 N–H and O–H groups in total. The Morgan fingerprint density at radius 3 is 2.50 bits per heavy atom. The van der Waals surface area contributed by atoms with E-state index >= 15 is 0 Å². The van der Waals surface area contributed by atoms with Gasteiger partial charge in [0, 0.05) is 5.75 Å². The molecule has 1 rings (SSSR count). The van der Waals surface area contributed by atoms with Crippen LogP contribution >= 0.6 is 11.8 Å². The molecule has 1 aromatic rings. The van der Waals surface area contributed by atoms with E-state index in [4.69, 9.17) is 10.8 Å². The largest absolute Gasteiger partial charge is 0.480 e. The van der Waals surface area contributed by atoms with Crippen LogP contribution in [0.3, 0.4) is 0 Å². The van der Waals surface area contributed by atoms with E-state index in [9.17, 15) is 4.79 Å². The van der Waals surface area contributed by atoms with Crippen LogP contribution in [0.1, 0.15) is 30.9 Å². The lowest BCUT2D eigenvalue weighted by Crippen LogP contribution is -2.32. The summed E-state index contributed by atoms with van der Waals surface area (Å²) in [7, 11) is 0. The van der Waals surface area contributed by atoms with Crippen molar-refractivity contribution >= 4 is 17.7 Å². The molecule has 0 fully saturated rings. The van der Waals surface area contributed by atoms with Gasteiger partial charge >= 0.3 is 5.97 Å². The van der Waals surface area contributed by atoms with E-state index in [0.29, 0.717) is 6.42 Å². The van der Waals surface area contributed by atoms with E-state index in [-0.39, 0.29) is 0 Å². The molecule has 0 saturated carbocycles. The van der Waals surface area contributed by atoms with Crippen LogP contribution in [0.5, 0.6) is 0 Å². The fourth-order valence-corrected chi connectivity index (χ4v) is 2.61. The first-order chi connectivity index (χ1) is 8.63. The number of thioether (sulfide) groups is 1. The molecule has 0 aromatic heterocycles. The Hall–Kier alpha value is -1.00. The Bertz CT molecular complexity index is 365. The van der Waals surface area contributed by atoms with Crippen molar-refractivity contribution in [2.75, 3.05) is 5.75 Å². The molecular formula is C14H21NO2S. The van der Waals surface area contributed by atoms with Crippen molar-refractivity contribution in [1.82, 2.24) is 0 Å². The monoisotopic (exact) mass is 267 g/mol. The molecule has 100 valence electrons. The SMILES string of the molecule is CCCCSCc1ccc(C[C@H](N)C(=O)O)cc1. The summed E-state index contributed by atoms with van der Waals surface area (Å²) in [6.07, 6.45) is 2.88. The Labute approximate surface area is 113 Å². The number of carboxylic acid groups (broad SMARTS) is 1. The number of rotatable bonds is 8. The quantitative estimate of drug-likeness (QED) is 0.711. The van der Waals surface area contributed by atoms with Gasteiger partial charge in [0.15, 0.2) is 0 Å². The first kappa shape index (κ1) is 15.1. The van der Waals surface area contributed by atoms with Crippen molar-refractivity contribution in [3.05, 3.63) is 35.4 Å². The second-order valence-corrected chi connectivity index (χ2v) is 5.48. The predicted octanol–water partition coefficient (Wildman–Crippen LogP) is 2.67. The third kappa shape index (κ3) is 5.56. The summed E-state index contributed by atoms with van der Waals surface area (Å²) < 4.78 is 0. The van der Waals surface area contributed by atoms with Crippen molar-refractivity contribution in [1.29, 1.82) is 0 Å². The predicted molar refractivity (Wildman–Crippen MR) is 76.8 cm³/mol. The van der Waals surface area contributed by atoms with Crippen LogP contribution in [-0.4, -0.2) is 22.9 Å². The lowest BCUT2D eigenvalue weighted by Gasteiger charge is -2.07. The Balaban J connectivity index is 2.40. The van der Waals surface area contributed by atoms with E-state index in [1.54, 1.807) is 0 Å². The van der Waals surface area contributed by atoms with Crippen LogP contribution in [0, 0.1) is 0 Å². The molecule has 4 heteroatoms. The average Bonchev–Trinajstić information content (AvgIpc) is 2.36. The molecule has 18 heavy (non-hydrogen) atoms. The molecule has 1 aromatic carbocycles. The summed E-state index contributed by atoms with van der Waals surface area (Å²) in [5.74, 6) is 1.27. The molecule has 0 heterocycles. The van der Waals surface area contributed by atoms with Gasteiger partial charge in [0.25, 0.3) is 0 Å². The Morgan fingerprint density at radius 2 is 1.94 bits per heavy atom. The maximum absolute atomic E-state index is 10.6. The minimum absolute atomic E-state index is 0.387. The smallest absolute Gasteiger partial charge is 0.320 e. The van der Waals surface area contributed by atoms with Gasteiger partial charge in [0.2, 0.25) is 0 Å². The average molecular weight is 267 g/mol. The number of benzene rings is 1. The first-order valence-electron chi connectivity index (χ1n) is 6.27. The number of hydrogen-bond acceptors (Lipinski definition) is 3. The van der Waals surface area contributed by atoms with Crippen LogP contribution in [0.2, 0.25) is 0 Å². The zero-order valence-electron chi connectivity index (χ0n) is 10.8. The van der Waals surface area contributed by atoms with Crippen LogP contribution in [0.4, 0.5) is 0 Å². The molecule has 0 aliphatic carbocycles. The molecule has 0 radical (unpaired) electrons. The topological polar surface area (TPSA) is 63.3 Å². The molecule has 0 amide bonds. The standard InChI is InChI=1S/C14H21NO2S/c1-2-3-8-18-10-12-6-4-11(5-7-12)9-13(15)14(16)17/h4-7,13H,2-3,8-10,15H2,1H3,(H,16,17)/t13-/m0/s1. The highest BCUT2D eigenvalue weighted by molar-refractivity contribution is 7.98. The van der Waals surface area contributed by atoms with Gasteiger partial charge in [-0.1, -0.05) is 37.6 Å². The summed E-state index contributed by atoms with van der Waals surface area (Å²) in [4.78, 5) is 10.6. The molecule has 0 spiro atoms. The van der Waals surface area contributed by atoms with Crippen LogP contribution in [0.15, 0.2) is 24.3 Å². The van der Waals surface area contributed by atoms with E-state index in [1.165, 1.54) is 24.2 Å². The van der Waals surface area contributed by atoms with Gasteiger partial charge in [-0.2, -0.15) is 11.8 Å². The summed E-state index contributed by atoms with van der Waals surface area (Å²) >= 11 is 1.94. The highest BCUT2D eigenvalue weighted by Crippen LogP contribution is 2.15. The van der Waals surface area contributed by atoms with Crippen molar-refractivity contribution in [3.63, 3.8) is 0 Å². The molecule has 0 unspecified atom stereocenters. The maximum Gasteiger partial charge on any atom is 0.320 e. The molecule has 0 aliphatic rings. The number of aliphatic carboxylic acids is 1. The summed E-state index contributed by atoms with van der Waals surface area (Å²) in [6, 6.07) is 7.25. The second-order valence-electron chi connectivity index (χ2n) is 4.37. The molecule has 1 atom stereocenters. The number of carbonyl (C=O) groups is 1.